The van der Waals surface area contributed by atoms with E-state index in [4.69, 9.17) is 11.6 Å². The normalized spacial score (nSPS) is 15.8. The van der Waals surface area contributed by atoms with Gasteiger partial charge in [-0.1, -0.05) is 41.9 Å². The highest BCUT2D eigenvalue weighted by atomic mass is 35.5. The van der Waals surface area contributed by atoms with E-state index in [1.54, 1.807) is 18.5 Å². The minimum atomic E-state index is -0.0625. The Bertz CT molecular complexity index is 741. The fraction of sp³-hybridized carbons (Fsp3) is 0.167. The number of aliphatic imine (C=N–C) groups is 2. The summed E-state index contributed by atoms with van der Waals surface area (Å²) in [5.74, 6) is -0.0625. The molecule has 0 saturated heterocycles. The largest absolute Gasteiger partial charge is 0.326 e. The lowest BCUT2D eigenvalue weighted by molar-refractivity contribution is -0.115. The Labute approximate surface area is 139 Å². The lowest BCUT2D eigenvalue weighted by atomic mass is 10.0. The summed E-state index contributed by atoms with van der Waals surface area (Å²) >= 11 is 5.91. The van der Waals surface area contributed by atoms with Crippen molar-refractivity contribution in [1.29, 1.82) is 0 Å². The van der Waals surface area contributed by atoms with Crippen molar-refractivity contribution in [2.24, 2.45) is 9.98 Å². The van der Waals surface area contributed by atoms with Crippen LogP contribution in [0.15, 0.2) is 58.5 Å². The van der Waals surface area contributed by atoms with E-state index >= 15 is 0 Å². The molecule has 1 aliphatic rings. The average Bonchev–Trinajstić information content (AvgIpc) is 3.02. The van der Waals surface area contributed by atoms with Crippen LogP contribution in [0.1, 0.15) is 11.1 Å². The van der Waals surface area contributed by atoms with Crippen LogP contribution in [0.25, 0.3) is 0 Å². The van der Waals surface area contributed by atoms with Crippen LogP contribution >= 0.6 is 11.6 Å². The zero-order valence-electron chi connectivity index (χ0n) is 12.4. The van der Waals surface area contributed by atoms with Crippen molar-refractivity contribution in [2.45, 2.75) is 18.9 Å². The van der Waals surface area contributed by atoms with Crippen molar-refractivity contribution < 1.29 is 4.79 Å². The van der Waals surface area contributed by atoms with Crippen LogP contribution in [-0.2, 0) is 17.6 Å². The first-order chi connectivity index (χ1) is 11.2. The number of carbonyl (C=O) groups excluding carboxylic acids is 1. The second kappa shape index (κ2) is 7.20. The Hall–Kier alpha value is -2.46. The smallest absolute Gasteiger partial charge is 0.228 e. The molecule has 4 nitrogen and oxygen atoms in total. The number of benzene rings is 2. The zero-order valence-corrected chi connectivity index (χ0v) is 13.2. The van der Waals surface area contributed by atoms with Crippen molar-refractivity contribution >= 4 is 35.7 Å². The number of hydrogen-bond acceptors (Lipinski definition) is 3. The first kappa shape index (κ1) is 15.4. The van der Waals surface area contributed by atoms with Gasteiger partial charge in [0.05, 0.1) is 12.5 Å². The molecule has 1 amide bonds. The van der Waals surface area contributed by atoms with Crippen molar-refractivity contribution in [3.05, 3.63) is 64.7 Å². The maximum absolute atomic E-state index is 12.1. The highest BCUT2D eigenvalue weighted by Gasteiger charge is 2.08. The van der Waals surface area contributed by atoms with E-state index in [0.29, 0.717) is 17.1 Å². The number of anilines is 1. The lowest BCUT2D eigenvalue weighted by Gasteiger charge is -2.07. The maximum atomic E-state index is 12.1. The van der Waals surface area contributed by atoms with Crippen LogP contribution in [0, 0.1) is 0 Å². The summed E-state index contributed by atoms with van der Waals surface area (Å²) in [5.41, 5.74) is 2.86. The molecule has 1 atom stereocenters. The van der Waals surface area contributed by atoms with E-state index in [-0.39, 0.29) is 11.9 Å². The Balaban J connectivity index is 1.56. The summed E-state index contributed by atoms with van der Waals surface area (Å²) in [7, 11) is 0. The molecule has 0 aromatic heterocycles. The number of nitrogens with zero attached hydrogens (tertiary/aromatic N) is 2. The van der Waals surface area contributed by atoms with Crippen molar-refractivity contribution in [3.8, 4) is 0 Å². The molecule has 3 rings (SSSR count). The second-order valence-corrected chi connectivity index (χ2v) is 5.82. The molecule has 0 saturated carbocycles. The van der Waals surface area contributed by atoms with Crippen LogP contribution in [0.2, 0.25) is 5.02 Å². The van der Waals surface area contributed by atoms with E-state index in [9.17, 15) is 4.79 Å². The van der Waals surface area contributed by atoms with E-state index in [1.807, 2.05) is 42.6 Å². The molecule has 1 heterocycles. The van der Waals surface area contributed by atoms with Gasteiger partial charge in [-0.25, -0.2) is 4.99 Å². The SMILES string of the molecule is O=C(Cc1ccc(CC2C=NC=N2)cc1)Nc1cccc(Cl)c1. The van der Waals surface area contributed by atoms with Gasteiger partial charge in [0.1, 0.15) is 6.34 Å². The minimum Gasteiger partial charge on any atom is -0.326 e. The number of hydrogen-bond donors (Lipinski definition) is 1. The molecule has 0 radical (unpaired) electrons. The van der Waals surface area contributed by atoms with E-state index in [0.717, 1.165) is 12.0 Å². The predicted molar refractivity (Wildman–Crippen MR) is 94.7 cm³/mol. The lowest BCUT2D eigenvalue weighted by Crippen LogP contribution is -2.14. The third kappa shape index (κ3) is 4.50. The Morgan fingerprint density at radius 2 is 1.91 bits per heavy atom. The number of carbonyl (C=O) groups is 1. The van der Waals surface area contributed by atoms with Crippen molar-refractivity contribution in [1.82, 2.24) is 0 Å². The minimum absolute atomic E-state index is 0.0625. The fourth-order valence-electron chi connectivity index (χ4n) is 2.40. The summed E-state index contributed by atoms with van der Waals surface area (Å²) in [5, 5.41) is 3.45. The maximum Gasteiger partial charge on any atom is 0.228 e. The van der Waals surface area contributed by atoms with Crippen molar-refractivity contribution in [3.63, 3.8) is 0 Å². The van der Waals surface area contributed by atoms with Gasteiger partial charge in [0.25, 0.3) is 0 Å². The molecule has 2 aromatic rings. The molecule has 116 valence electrons. The van der Waals surface area contributed by atoms with Gasteiger partial charge in [-0.2, -0.15) is 0 Å². The predicted octanol–water partition coefficient (Wildman–Crippen LogP) is 3.55. The standard InChI is InChI=1S/C18H16ClN3O/c19-15-2-1-3-16(10-15)22-18(23)9-14-6-4-13(5-7-14)8-17-11-20-12-21-17/h1-7,10-12,17H,8-9H2,(H,22,23). The van der Waals surface area contributed by atoms with Gasteiger partial charge in [0.2, 0.25) is 5.91 Å². The Morgan fingerprint density at radius 1 is 1.13 bits per heavy atom. The van der Waals surface area contributed by atoms with Gasteiger partial charge in [0.15, 0.2) is 0 Å². The molecule has 1 unspecified atom stereocenters. The van der Waals surface area contributed by atoms with Crippen LogP contribution in [-0.4, -0.2) is 24.5 Å². The van der Waals surface area contributed by atoms with E-state index in [1.165, 1.54) is 5.56 Å². The zero-order chi connectivity index (χ0) is 16.1. The van der Waals surface area contributed by atoms with Crippen LogP contribution in [0.5, 0.6) is 0 Å². The van der Waals surface area contributed by atoms with Gasteiger partial charge in [-0.15, -0.1) is 0 Å². The summed E-state index contributed by atoms with van der Waals surface area (Å²) in [4.78, 5) is 20.3. The molecule has 1 aliphatic heterocycles. The molecule has 0 fully saturated rings. The van der Waals surface area contributed by atoms with Gasteiger partial charge < -0.3 is 5.32 Å². The van der Waals surface area contributed by atoms with E-state index < -0.39 is 0 Å². The molecular weight excluding hydrogens is 310 g/mol. The van der Waals surface area contributed by atoms with Crippen molar-refractivity contribution in [2.75, 3.05) is 5.32 Å². The van der Waals surface area contributed by atoms with Gasteiger partial charge >= 0.3 is 0 Å². The quantitative estimate of drug-likeness (QED) is 0.898. The molecule has 5 heteroatoms. The number of amides is 1. The second-order valence-electron chi connectivity index (χ2n) is 5.39. The molecule has 0 bridgehead atoms. The summed E-state index contributed by atoms with van der Waals surface area (Å²) < 4.78 is 0. The van der Waals surface area contributed by atoms with E-state index in [2.05, 4.69) is 15.3 Å². The molecule has 1 N–H and O–H groups in total. The number of rotatable bonds is 5. The summed E-state index contributed by atoms with van der Waals surface area (Å²) in [6, 6.07) is 15.3. The molecule has 0 aliphatic carbocycles. The molecule has 2 aromatic carbocycles. The van der Waals surface area contributed by atoms with Gasteiger partial charge in [0, 0.05) is 16.9 Å². The molecule has 23 heavy (non-hydrogen) atoms. The molecule has 0 spiro atoms. The summed E-state index contributed by atoms with van der Waals surface area (Å²) in [6.07, 6.45) is 4.58. The first-order valence-corrected chi connectivity index (χ1v) is 7.75. The fourth-order valence-corrected chi connectivity index (χ4v) is 2.59. The Kier molecular flexibility index (Phi) is 4.83. The number of halogens is 1. The Morgan fingerprint density at radius 3 is 2.61 bits per heavy atom. The van der Waals surface area contributed by atoms with Crippen LogP contribution in [0.4, 0.5) is 5.69 Å². The average molecular weight is 326 g/mol. The third-order valence-corrected chi connectivity index (χ3v) is 3.76. The third-order valence-electron chi connectivity index (χ3n) is 3.52. The highest BCUT2D eigenvalue weighted by molar-refractivity contribution is 6.30. The number of nitrogens with one attached hydrogen (secondary N) is 1. The van der Waals surface area contributed by atoms with Gasteiger partial charge in [-0.3, -0.25) is 9.79 Å². The highest BCUT2D eigenvalue weighted by Crippen LogP contribution is 2.15. The van der Waals surface area contributed by atoms with Crippen LogP contribution in [0.3, 0.4) is 0 Å². The topological polar surface area (TPSA) is 53.8 Å². The summed E-state index contributed by atoms with van der Waals surface area (Å²) in [6.45, 7) is 0. The van der Waals surface area contributed by atoms with Gasteiger partial charge in [-0.05, 0) is 35.7 Å². The monoisotopic (exact) mass is 325 g/mol. The molecular formula is C18H16ClN3O. The van der Waals surface area contributed by atoms with Crippen LogP contribution < -0.4 is 5.32 Å². The first-order valence-electron chi connectivity index (χ1n) is 7.37.